The largest absolute Gasteiger partial charge is 0.508 e. The van der Waals surface area contributed by atoms with E-state index in [4.69, 9.17) is 21.0 Å². The van der Waals surface area contributed by atoms with Crippen LogP contribution in [-0.4, -0.2) is 53.2 Å². The lowest BCUT2D eigenvalue weighted by Gasteiger charge is -2.43. The van der Waals surface area contributed by atoms with Crippen LogP contribution in [0.25, 0.3) is 6.08 Å². The Morgan fingerprint density at radius 2 is 1.88 bits per heavy atom. The van der Waals surface area contributed by atoms with E-state index in [1.54, 1.807) is 12.1 Å². The zero-order valence-electron chi connectivity index (χ0n) is 24.3. The van der Waals surface area contributed by atoms with Gasteiger partial charge < -0.3 is 19.5 Å². The van der Waals surface area contributed by atoms with Crippen LogP contribution in [0.4, 0.5) is 0 Å². The summed E-state index contributed by atoms with van der Waals surface area (Å²) in [5, 5.41) is 21.1. The number of phenols is 1. The minimum Gasteiger partial charge on any atom is -0.508 e. The van der Waals surface area contributed by atoms with Crippen molar-refractivity contribution < 1.29 is 29.1 Å². The monoisotopic (exact) mass is 591 g/mol. The van der Waals surface area contributed by atoms with Crippen molar-refractivity contribution in [1.82, 2.24) is 4.90 Å². The number of allylic oxidation sites excluding steroid dienone is 1. The molecule has 2 fully saturated rings. The van der Waals surface area contributed by atoms with Crippen molar-refractivity contribution in [3.8, 4) is 11.5 Å². The third-order valence-corrected chi connectivity index (χ3v) is 8.97. The molecule has 7 nitrogen and oxygen atoms in total. The molecule has 0 unspecified atom stereocenters. The number of nitrogens with zero attached hydrogens (tertiary/aromatic N) is 1. The molecule has 3 aliphatic rings. The summed E-state index contributed by atoms with van der Waals surface area (Å²) in [6, 6.07) is 14.5. The summed E-state index contributed by atoms with van der Waals surface area (Å²) in [6.45, 7) is 4.80. The van der Waals surface area contributed by atoms with Crippen molar-refractivity contribution in [3.05, 3.63) is 75.8 Å². The number of carbonyl (C=O) groups is 2. The van der Waals surface area contributed by atoms with E-state index in [1.165, 1.54) is 16.5 Å². The van der Waals surface area contributed by atoms with Crippen LogP contribution in [0.2, 0.25) is 11.3 Å². The van der Waals surface area contributed by atoms with E-state index in [1.807, 2.05) is 37.3 Å². The third kappa shape index (κ3) is 6.46. The Labute approximate surface area is 253 Å². The van der Waals surface area contributed by atoms with Crippen molar-refractivity contribution >= 4 is 36.6 Å². The van der Waals surface area contributed by atoms with Gasteiger partial charge in [-0.3, -0.25) is 14.5 Å². The number of benzene rings is 2. The first-order chi connectivity index (χ1) is 20.3. The van der Waals surface area contributed by atoms with Crippen molar-refractivity contribution in [1.29, 1.82) is 0 Å². The van der Waals surface area contributed by atoms with E-state index in [2.05, 4.69) is 13.0 Å². The second-order valence-electron chi connectivity index (χ2n) is 11.5. The maximum Gasteiger partial charge on any atom is 0.455 e. The van der Waals surface area contributed by atoms with Gasteiger partial charge in [0, 0.05) is 6.54 Å². The minimum atomic E-state index is -1.02. The van der Waals surface area contributed by atoms with E-state index in [0.717, 1.165) is 35.3 Å². The first-order valence-corrected chi connectivity index (χ1v) is 15.4. The predicted octanol–water partition coefficient (Wildman–Crippen LogP) is 6.30. The molecule has 4 atom stereocenters. The fraction of sp³-hybridized carbons (Fsp3) is 0.455. The lowest BCUT2D eigenvalue weighted by atomic mass is 9.58. The highest BCUT2D eigenvalue weighted by molar-refractivity contribution is 6.43. The predicted molar refractivity (Wildman–Crippen MR) is 164 cm³/mol. The van der Waals surface area contributed by atoms with Crippen LogP contribution in [0.5, 0.6) is 11.5 Å². The highest BCUT2D eigenvalue weighted by Crippen LogP contribution is 2.50. The van der Waals surface area contributed by atoms with E-state index in [9.17, 15) is 19.7 Å². The molecule has 2 N–H and O–H groups in total. The van der Waals surface area contributed by atoms with Gasteiger partial charge in [-0.2, -0.15) is 0 Å². The second kappa shape index (κ2) is 13.5. The molecule has 0 saturated carbocycles. The summed E-state index contributed by atoms with van der Waals surface area (Å²) in [4.78, 5) is 28.4. The Hall–Kier alpha value is -3.07. The number of ether oxygens (including phenoxy) is 1. The highest BCUT2D eigenvalue weighted by atomic mass is 35.5. The van der Waals surface area contributed by atoms with Gasteiger partial charge in [-0.05, 0) is 91.4 Å². The average Bonchev–Trinajstić information content (AvgIpc) is 3.21. The normalized spacial score (nSPS) is 24.2. The van der Waals surface area contributed by atoms with Gasteiger partial charge in [-0.1, -0.05) is 61.7 Å². The number of para-hydroxylation sites is 1. The quantitative estimate of drug-likeness (QED) is 0.181. The van der Waals surface area contributed by atoms with Gasteiger partial charge in [-0.15, -0.1) is 0 Å². The number of fused-ring (bicyclic) bond motifs is 3. The molecule has 0 radical (unpaired) electrons. The summed E-state index contributed by atoms with van der Waals surface area (Å²) < 4.78 is 12.4. The summed E-state index contributed by atoms with van der Waals surface area (Å²) in [6.07, 6.45) is 6.21. The molecule has 0 spiro atoms. The lowest BCUT2D eigenvalue weighted by molar-refractivity contribution is -0.140. The lowest BCUT2D eigenvalue weighted by Crippen LogP contribution is -2.46. The van der Waals surface area contributed by atoms with Crippen molar-refractivity contribution in [2.75, 3.05) is 13.2 Å². The van der Waals surface area contributed by atoms with E-state index in [-0.39, 0.29) is 29.8 Å². The molecule has 2 aliphatic heterocycles. The van der Waals surface area contributed by atoms with Crippen LogP contribution < -0.4 is 4.74 Å². The van der Waals surface area contributed by atoms with Crippen LogP contribution in [0.1, 0.15) is 57.9 Å². The Balaban J connectivity index is 1.46. The summed E-state index contributed by atoms with van der Waals surface area (Å²) in [5.41, 5.74) is 4.02. The molecule has 1 aliphatic carbocycles. The van der Waals surface area contributed by atoms with Crippen molar-refractivity contribution in [2.24, 2.45) is 17.8 Å². The van der Waals surface area contributed by atoms with Crippen LogP contribution in [0.15, 0.2) is 65.3 Å². The third-order valence-electron chi connectivity index (χ3n) is 8.65. The molecule has 2 saturated heterocycles. The molecule has 222 valence electrons. The van der Waals surface area contributed by atoms with Gasteiger partial charge in [0.2, 0.25) is 11.8 Å². The summed E-state index contributed by atoms with van der Waals surface area (Å²) in [7, 11) is -1.02. The molecule has 2 amide bonds. The molecule has 5 rings (SSSR count). The fourth-order valence-electron chi connectivity index (χ4n) is 6.85. The van der Waals surface area contributed by atoms with Crippen molar-refractivity contribution in [3.63, 3.8) is 0 Å². The van der Waals surface area contributed by atoms with Crippen LogP contribution >= 0.6 is 11.6 Å². The van der Waals surface area contributed by atoms with Gasteiger partial charge in [0.05, 0.1) is 23.0 Å². The zero-order valence-corrected chi connectivity index (χ0v) is 25.1. The molecule has 2 heterocycles. The number of likely N-dealkylation sites (tertiary alicyclic amines) is 1. The van der Waals surface area contributed by atoms with E-state index in [0.29, 0.717) is 43.9 Å². The molecule has 42 heavy (non-hydrogen) atoms. The molecule has 9 heteroatoms. The van der Waals surface area contributed by atoms with Gasteiger partial charge in [0.25, 0.3) is 0 Å². The second-order valence-corrected chi connectivity index (χ2v) is 12.0. The van der Waals surface area contributed by atoms with Gasteiger partial charge >= 0.3 is 7.12 Å². The van der Waals surface area contributed by atoms with E-state index >= 15 is 0 Å². The molecule has 0 aromatic heterocycles. The number of hydrogen-bond donors (Lipinski definition) is 2. The molecule has 2 aromatic rings. The van der Waals surface area contributed by atoms with Gasteiger partial charge in [0.1, 0.15) is 18.1 Å². The number of phenolic OH excluding ortho intramolecular Hbond substituents is 1. The number of carbonyl (C=O) groups excluding carboxylic acids is 2. The zero-order chi connectivity index (χ0) is 29.8. The number of halogens is 1. The van der Waals surface area contributed by atoms with E-state index < -0.39 is 25.1 Å². The number of imide groups is 1. The number of aromatic hydroxyl groups is 1. The maximum atomic E-state index is 13.6. The Kier molecular flexibility index (Phi) is 9.76. The Morgan fingerprint density at radius 3 is 2.60 bits per heavy atom. The SMILES string of the molecule is CCC/C(=C\c1ccc(O)cc1Cl)CC[C@H]1OB(O)C[C@H]2C1=C(COc1ccccc1)C[C@H]1C(=O)N(CCC)C(=O)[C@H]12. The average molecular weight is 592 g/mol. The summed E-state index contributed by atoms with van der Waals surface area (Å²) >= 11 is 6.40. The van der Waals surface area contributed by atoms with Crippen LogP contribution in [0.3, 0.4) is 0 Å². The molecule has 2 aromatic carbocycles. The summed E-state index contributed by atoms with van der Waals surface area (Å²) in [5.74, 6) is -0.589. The number of rotatable bonds is 11. The van der Waals surface area contributed by atoms with Crippen LogP contribution in [-0.2, 0) is 14.2 Å². The number of amides is 2. The minimum absolute atomic E-state index is 0.111. The van der Waals surface area contributed by atoms with Crippen LogP contribution in [0, 0.1) is 17.8 Å². The van der Waals surface area contributed by atoms with Gasteiger partial charge in [0.15, 0.2) is 0 Å². The fourth-order valence-corrected chi connectivity index (χ4v) is 7.08. The highest BCUT2D eigenvalue weighted by Gasteiger charge is 2.57. The first-order valence-electron chi connectivity index (χ1n) is 15.1. The molecular formula is C33H39BClNO6. The molecule has 0 bridgehead atoms. The topological polar surface area (TPSA) is 96.3 Å². The molecular weight excluding hydrogens is 553 g/mol. The smallest absolute Gasteiger partial charge is 0.455 e. The van der Waals surface area contributed by atoms with Gasteiger partial charge in [-0.25, -0.2) is 0 Å². The maximum absolute atomic E-state index is 13.6. The standard InChI is InChI=1S/C33H39BClNO6/c1-3-8-21(16-22-12-13-24(37)18-28(22)35)11-14-29-30-23(20-41-25-9-6-5-7-10-25)17-26-31(27(30)19-34(40)42-29)33(39)36(15-4-2)32(26)38/h5-7,9-10,12-13,16,18,26-27,29,31,37,40H,3-4,8,11,14-15,17,19-20H2,1-2H3/b21-16+/t26-,27+,29-,31-/m1/s1. The first kappa shape index (κ1) is 30.4. The Bertz CT molecular complexity index is 1360. The number of hydrogen-bond acceptors (Lipinski definition) is 6. The Morgan fingerprint density at radius 1 is 1.10 bits per heavy atom. The van der Waals surface area contributed by atoms with Crippen molar-refractivity contribution in [2.45, 2.75) is 64.8 Å².